The van der Waals surface area contributed by atoms with Gasteiger partial charge in [0.2, 0.25) is 0 Å². The van der Waals surface area contributed by atoms with Crippen molar-refractivity contribution in [3.63, 3.8) is 0 Å². The summed E-state index contributed by atoms with van der Waals surface area (Å²) in [5, 5.41) is 0. The maximum Gasteiger partial charge on any atom is 0.0449 e. The van der Waals surface area contributed by atoms with Crippen molar-refractivity contribution in [3.05, 3.63) is 132 Å². The van der Waals surface area contributed by atoms with E-state index in [1.54, 1.807) is 5.57 Å². The molecule has 0 saturated carbocycles. The summed E-state index contributed by atoms with van der Waals surface area (Å²) in [6.07, 6.45) is 48.5. The molecule has 9 unspecified atom stereocenters. The molecule has 2 heterocycles. The molecule has 0 aromatic heterocycles. The van der Waals surface area contributed by atoms with Gasteiger partial charge in [0, 0.05) is 52.8 Å². The van der Waals surface area contributed by atoms with Gasteiger partial charge in [0.1, 0.15) is 0 Å². The minimum Gasteiger partial charge on any atom is -0.337 e. The Morgan fingerprint density at radius 3 is 2.67 bits per heavy atom. The van der Waals surface area contributed by atoms with E-state index < -0.39 is 0 Å². The van der Waals surface area contributed by atoms with Gasteiger partial charge in [-0.1, -0.05) is 104 Å². The van der Waals surface area contributed by atoms with Crippen LogP contribution in [0.5, 0.6) is 0 Å². The second kappa shape index (κ2) is 11.2. The highest BCUT2D eigenvalue weighted by Crippen LogP contribution is 2.57. The van der Waals surface area contributed by atoms with Crippen LogP contribution >= 0.6 is 0 Å². The fraction of sp³-hybridized carbons (Fsp3) is 0.442. The third kappa shape index (κ3) is 4.54. The van der Waals surface area contributed by atoms with Gasteiger partial charge in [-0.05, 0) is 105 Å². The van der Waals surface area contributed by atoms with Crippen LogP contribution in [-0.4, -0.2) is 29.1 Å². The fourth-order valence-electron chi connectivity index (χ4n) is 10.4. The average molecular weight is 593 g/mol. The molecule has 0 N–H and O–H groups in total. The van der Waals surface area contributed by atoms with Crippen molar-refractivity contribution in [2.75, 3.05) is 4.90 Å². The Kier molecular flexibility index (Phi) is 6.92. The minimum absolute atomic E-state index is 0.108. The molecule has 9 atom stereocenters. The summed E-state index contributed by atoms with van der Waals surface area (Å²) in [5.41, 5.74) is 7.27. The van der Waals surface area contributed by atoms with E-state index in [-0.39, 0.29) is 5.41 Å². The molecule has 2 heteroatoms. The fourth-order valence-corrected chi connectivity index (χ4v) is 10.4. The Morgan fingerprint density at radius 2 is 1.78 bits per heavy atom. The Hall–Kier alpha value is -3.36. The Balaban J connectivity index is 1.12. The lowest BCUT2D eigenvalue weighted by Crippen LogP contribution is -2.47. The first-order chi connectivity index (χ1) is 22.2. The van der Waals surface area contributed by atoms with Gasteiger partial charge in [0.25, 0.3) is 0 Å². The van der Waals surface area contributed by atoms with E-state index in [4.69, 9.17) is 0 Å². The van der Waals surface area contributed by atoms with Crippen LogP contribution in [0.2, 0.25) is 0 Å². The number of nitrogens with zero attached hydrogens (tertiary/aromatic N) is 2. The molecule has 6 aliphatic carbocycles. The predicted octanol–water partition coefficient (Wildman–Crippen LogP) is 9.89. The summed E-state index contributed by atoms with van der Waals surface area (Å²) in [5.74, 6) is 2.34. The lowest BCUT2D eigenvalue weighted by Gasteiger charge is -2.42. The first kappa shape index (κ1) is 27.9. The van der Waals surface area contributed by atoms with Gasteiger partial charge in [-0.2, -0.15) is 0 Å². The molecule has 0 radical (unpaired) electrons. The maximum absolute atomic E-state index is 2.98. The number of hydrogen-bond acceptors (Lipinski definition) is 2. The van der Waals surface area contributed by atoms with E-state index in [1.165, 1.54) is 67.5 Å². The summed E-state index contributed by atoms with van der Waals surface area (Å²) >= 11 is 0. The number of rotatable bonds is 4. The predicted molar refractivity (Wildman–Crippen MR) is 189 cm³/mol. The molecule has 8 aliphatic rings. The van der Waals surface area contributed by atoms with E-state index in [2.05, 4.69) is 132 Å². The van der Waals surface area contributed by atoms with E-state index in [0.29, 0.717) is 47.8 Å². The average Bonchev–Trinajstić information content (AvgIpc) is 3.57. The lowest BCUT2D eigenvalue weighted by atomic mass is 9.68. The number of likely N-dealkylation sites (tertiary alicyclic amines) is 1. The highest BCUT2D eigenvalue weighted by Gasteiger charge is 2.58. The monoisotopic (exact) mass is 592 g/mol. The van der Waals surface area contributed by atoms with Crippen molar-refractivity contribution in [2.45, 2.75) is 88.9 Å². The molecule has 1 aromatic rings. The van der Waals surface area contributed by atoms with Crippen LogP contribution in [0.15, 0.2) is 127 Å². The summed E-state index contributed by atoms with van der Waals surface area (Å²) in [4.78, 5) is 5.75. The summed E-state index contributed by atoms with van der Waals surface area (Å²) in [7, 11) is 0. The zero-order valence-electron chi connectivity index (χ0n) is 26.8. The van der Waals surface area contributed by atoms with Crippen LogP contribution in [0.4, 0.5) is 5.69 Å². The van der Waals surface area contributed by atoms with Gasteiger partial charge < -0.3 is 4.90 Å². The third-order valence-corrected chi connectivity index (χ3v) is 12.6. The van der Waals surface area contributed by atoms with Crippen LogP contribution in [0.1, 0.15) is 70.3 Å². The Bertz CT molecular complexity index is 1620. The van der Waals surface area contributed by atoms with E-state index >= 15 is 0 Å². The Morgan fingerprint density at radius 1 is 0.844 bits per heavy atom. The second-order valence-corrected chi connectivity index (χ2v) is 15.1. The molecule has 2 aliphatic heterocycles. The van der Waals surface area contributed by atoms with Crippen molar-refractivity contribution >= 4 is 11.3 Å². The number of anilines is 1. The molecule has 2 fully saturated rings. The summed E-state index contributed by atoms with van der Waals surface area (Å²) in [6.45, 7) is 2.56. The molecule has 0 bridgehead atoms. The number of allylic oxidation sites excluding steroid dienone is 11. The molecule has 45 heavy (non-hydrogen) atoms. The molecule has 2 nitrogen and oxygen atoms in total. The zero-order chi connectivity index (χ0) is 30.0. The second-order valence-electron chi connectivity index (χ2n) is 15.1. The van der Waals surface area contributed by atoms with Gasteiger partial charge in [0.15, 0.2) is 0 Å². The number of benzene rings is 1. The quantitative estimate of drug-likeness (QED) is 0.321. The first-order valence-electron chi connectivity index (χ1n) is 18.0. The smallest absolute Gasteiger partial charge is 0.0449 e. The topological polar surface area (TPSA) is 6.48 Å². The minimum atomic E-state index is 0.108. The van der Waals surface area contributed by atoms with Crippen LogP contribution in [0, 0.1) is 29.1 Å². The van der Waals surface area contributed by atoms with Gasteiger partial charge in [-0.3, -0.25) is 4.90 Å². The normalized spacial score (nSPS) is 39.6. The van der Waals surface area contributed by atoms with E-state index in [1.807, 2.05) is 0 Å². The number of hydrogen-bond donors (Lipinski definition) is 0. The first-order valence-corrected chi connectivity index (χ1v) is 18.0. The van der Waals surface area contributed by atoms with Crippen molar-refractivity contribution in [3.8, 4) is 0 Å². The van der Waals surface area contributed by atoms with Crippen LogP contribution in [0.25, 0.3) is 5.57 Å². The maximum atomic E-state index is 2.98. The van der Waals surface area contributed by atoms with Gasteiger partial charge >= 0.3 is 0 Å². The molecule has 0 amide bonds. The van der Waals surface area contributed by atoms with E-state index in [9.17, 15) is 0 Å². The van der Waals surface area contributed by atoms with Crippen molar-refractivity contribution in [2.24, 2.45) is 29.1 Å². The molecular formula is C43H48N2. The van der Waals surface area contributed by atoms with Gasteiger partial charge in [-0.15, -0.1) is 0 Å². The molecule has 2 saturated heterocycles. The molecule has 0 spiro atoms. The Labute approximate surface area is 270 Å². The van der Waals surface area contributed by atoms with Crippen molar-refractivity contribution < 1.29 is 0 Å². The number of fused-ring (bicyclic) bond motifs is 6. The largest absolute Gasteiger partial charge is 0.337 e. The highest BCUT2D eigenvalue weighted by atomic mass is 15.3. The molecule has 230 valence electrons. The van der Waals surface area contributed by atoms with Crippen LogP contribution in [-0.2, 0) is 0 Å². The zero-order valence-corrected chi connectivity index (χ0v) is 26.8. The van der Waals surface area contributed by atoms with E-state index in [0.717, 1.165) is 12.8 Å². The summed E-state index contributed by atoms with van der Waals surface area (Å²) in [6, 6.07) is 11.3. The van der Waals surface area contributed by atoms with Gasteiger partial charge in [0.05, 0.1) is 0 Å². The summed E-state index contributed by atoms with van der Waals surface area (Å²) < 4.78 is 0. The third-order valence-electron chi connectivity index (χ3n) is 12.6. The van der Waals surface area contributed by atoms with Crippen molar-refractivity contribution in [1.29, 1.82) is 0 Å². The standard InChI is InChI=1S/C43H48N2/c1-43-25-11-10-24-42(43)45(35-21-13-19-33(27-35)31-16-6-3-7-17-31)41-29-40-37(28-38(41)43)36-22-8-9-23-39(36)44(40)34-20-12-18-32(26-34)30-14-4-2-5-15-30/h4,6,8,10-16,18-20,22,24-26,28-29,31,33,35-36,38-39,41-42H,2-3,5,7,9,17,21,23,27H2,1H3. The molecule has 1 aromatic carbocycles. The van der Waals surface area contributed by atoms with Crippen LogP contribution in [0.3, 0.4) is 0 Å². The SMILES string of the molecule is CC12C=CC=CC1N(C1CC=CC(C3C=CCCC3)C1)C1C=C3C(=CC12)C1C=CCCC1N3c1cccc(C2=CCCC=C2)c1. The molecular weight excluding hydrogens is 544 g/mol. The van der Waals surface area contributed by atoms with Crippen LogP contribution < -0.4 is 4.90 Å². The van der Waals surface area contributed by atoms with Crippen molar-refractivity contribution in [1.82, 2.24) is 4.90 Å². The highest BCUT2D eigenvalue weighted by molar-refractivity contribution is 5.78. The molecule has 9 rings (SSSR count). The van der Waals surface area contributed by atoms with Gasteiger partial charge in [-0.25, -0.2) is 0 Å². The lowest BCUT2D eigenvalue weighted by molar-refractivity contribution is 0.123.